The van der Waals surface area contributed by atoms with Crippen LogP contribution in [0.4, 0.5) is 10.1 Å². The number of rotatable bonds is 4. The first kappa shape index (κ1) is 22.0. The smallest absolute Gasteiger partial charge is 0.282 e. The van der Waals surface area contributed by atoms with Gasteiger partial charge >= 0.3 is 0 Å². The highest BCUT2D eigenvalue weighted by Gasteiger charge is 2.24. The molecule has 0 spiro atoms. The highest BCUT2D eigenvalue weighted by atomic mass is 19.1. The van der Waals surface area contributed by atoms with Crippen molar-refractivity contribution < 1.29 is 4.39 Å². The second-order valence-corrected chi connectivity index (χ2v) is 8.95. The number of hydrogen-bond acceptors (Lipinski definition) is 5. The largest absolute Gasteiger partial charge is 0.369 e. The number of anilines is 1. The first-order valence-corrected chi connectivity index (χ1v) is 11.9. The number of piperazine rings is 1. The van der Waals surface area contributed by atoms with E-state index in [-0.39, 0.29) is 11.2 Å². The minimum absolute atomic E-state index is 0.142. The molecule has 8 heteroatoms. The molecule has 0 aliphatic carbocycles. The first-order chi connectivity index (χ1) is 17.6. The predicted molar refractivity (Wildman–Crippen MR) is 136 cm³/mol. The second-order valence-electron chi connectivity index (χ2n) is 8.95. The molecule has 3 aromatic rings. The molecule has 2 aromatic carbocycles. The number of aromatic nitrogens is 3. The van der Waals surface area contributed by atoms with Gasteiger partial charge in [-0.05, 0) is 60.2 Å². The van der Waals surface area contributed by atoms with E-state index < -0.39 is 5.82 Å². The lowest BCUT2D eigenvalue weighted by atomic mass is 10.1. The van der Waals surface area contributed by atoms with Gasteiger partial charge in [0.2, 0.25) is 0 Å². The van der Waals surface area contributed by atoms with Crippen molar-refractivity contribution in [2.75, 3.05) is 31.1 Å². The van der Waals surface area contributed by atoms with Crippen molar-refractivity contribution >= 4 is 11.2 Å². The van der Waals surface area contributed by atoms with Crippen LogP contribution in [0.3, 0.4) is 0 Å². The Bertz CT molecular complexity index is 1620. The van der Waals surface area contributed by atoms with Crippen LogP contribution in [0.15, 0.2) is 83.8 Å². The Morgan fingerprint density at radius 1 is 0.944 bits per heavy atom. The van der Waals surface area contributed by atoms with E-state index >= 15 is 0 Å². The van der Waals surface area contributed by atoms with Crippen LogP contribution in [0, 0.1) is 17.1 Å². The molecule has 0 amide bonds. The van der Waals surface area contributed by atoms with Crippen LogP contribution in [0.2, 0.25) is 0 Å². The Balaban J connectivity index is 1.31. The van der Waals surface area contributed by atoms with E-state index in [0.717, 1.165) is 47.6 Å². The third-order valence-corrected chi connectivity index (χ3v) is 6.80. The van der Waals surface area contributed by atoms with E-state index in [1.165, 1.54) is 6.07 Å². The number of halogens is 1. The first-order valence-electron chi connectivity index (χ1n) is 11.9. The van der Waals surface area contributed by atoms with Crippen molar-refractivity contribution in [2.45, 2.75) is 6.54 Å². The quantitative estimate of drug-likeness (QED) is 0.392. The maximum absolute atomic E-state index is 14.4. The molecule has 3 aliphatic rings. The summed E-state index contributed by atoms with van der Waals surface area (Å²) in [5.41, 5.74) is 4.05. The van der Waals surface area contributed by atoms with Gasteiger partial charge in [0, 0.05) is 44.6 Å². The molecule has 1 aromatic heterocycles. The molecule has 4 heterocycles. The van der Waals surface area contributed by atoms with Crippen molar-refractivity contribution in [3.63, 3.8) is 0 Å². The molecule has 0 radical (unpaired) electrons. The molecule has 0 bridgehead atoms. The summed E-state index contributed by atoms with van der Waals surface area (Å²) in [6, 6.07) is 23.8. The summed E-state index contributed by atoms with van der Waals surface area (Å²) in [5.74, 6) is 0.0188. The Morgan fingerprint density at radius 3 is 2.44 bits per heavy atom. The summed E-state index contributed by atoms with van der Waals surface area (Å²) in [6.07, 6.45) is 1.89. The molecule has 0 atom stereocenters. The fraction of sp³-hybridized carbons (Fsp3) is 0.179. The number of nitrogens with zero attached hydrogens (tertiary/aromatic N) is 6. The Hall–Kier alpha value is -4.48. The molecule has 36 heavy (non-hydrogen) atoms. The van der Waals surface area contributed by atoms with Gasteiger partial charge in [0.05, 0.1) is 22.7 Å². The third-order valence-electron chi connectivity index (χ3n) is 6.80. The number of benzene rings is 2. The zero-order chi connectivity index (χ0) is 24.6. The van der Waals surface area contributed by atoms with E-state index in [9.17, 15) is 9.18 Å². The Kier molecular flexibility index (Phi) is 5.47. The fourth-order valence-electron chi connectivity index (χ4n) is 4.91. The van der Waals surface area contributed by atoms with Gasteiger partial charge < -0.3 is 4.90 Å². The third kappa shape index (κ3) is 3.80. The second kappa shape index (κ2) is 8.95. The summed E-state index contributed by atoms with van der Waals surface area (Å²) < 4.78 is 17.5. The standard InChI is InChI=1S/C28H23FN6O/c29-24-5-1-2-7-26(24)35-28(36)23-17-21(25-6-3-4-12-34(25)27(23)31-35)19-32-13-15-33(16-14-32)22-10-8-20(18-30)9-11-22/h1-12,17H,13-16,19H2. The average Bonchev–Trinajstić information content (AvgIpc) is 3.25. The van der Waals surface area contributed by atoms with Crippen LogP contribution >= 0.6 is 0 Å². The maximum atomic E-state index is 14.4. The summed E-state index contributed by atoms with van der Waals surface area (Å²) >= 11 is 0. The van der Waals surface area contributed by atoms with E-state index in [0.29, 0.717) is 23.5 Å². The van der Waals surface area contributed by atoms with Crippen LogP contribution < -0.4 is 10.5 Å². The lowest BCUT2D eigenvalue weighted by molar-refractivity contribution is 0.250. The van der Waals surface area contributed by atoms with E-state index in [4.69, 9.17) is 5.26 Å². The van der Waals surface area contributed by atoms with Crippen molar-refractivity contribution in [2.24, 2.45) is 0 Å². The number of nitriles is 1. The maximum Gasteiger partial charge on any atom is 0.282 e. The van der Waals surface area contributed by atoms with Gasteiger partial charge in [0.1, 0.15) is 11.5 Å². The fourth-order valence-corrected chi connectivity index (χ4v) is 4.91. The molecule has 0 N–H and O–H groups in total. The van der Waals surface area contributed by atoms with E-state index in [1.54, 1.807) is 18.2 Å². The monoisotopic (exact) mass is 478 g/mol. The molecule has 6 rings (SSSR count). The van der Waals surface area contributed by atoms with E-state index in [1.807, 2.05) is 59.1 Å². The number of fused-ring (bicyclic) bond motifs is 3. The summed E-state index contributed by atoms with van der Waals surface area (Å²) in [5, 5.41) is 13.5. The highest BCUT2D eigenvalue weighted by molar-refractivity contribution is 5.69. The van der Waals surface area contributed by atoms with Gasteiger partial charge in [-0.15, -0.1) is 5.10 Å². The van der Waals surface area contributed by atoms with Crippen molar-refractivity contribution in [3.8, 4) is 23.1 Å². The minimum Gasteiger partial charge on any atom is -0.369 e. The molecule has 1 fully saturated rings. The van der Waals surface area contributed by atoms with Crippen LogP contribution in [0.25, 0.3) is 22.6 Å². The number of pyridine rings is 2. The van der Waals surface area contributed by atoms with Crippen molar-refractivity contribution in [1.82, 2.24) is 19.1 Å². The number of para-hydroxylation sites is 1. The molecule has 1 saturated heterocycles. The van der Waals surface area contributed by atoms with Gasteiger partial charge in [-0.1, -0.05) is 18.2 Å². The van der Waals surface area contributed by atoms with Gasteiger partial charge in [-0.3, -0.25) is 14.1 Å². The zero-order valence-electron chi connectivity index (χ0n) is 19.5. The van der Waals surface area contributed by atoms with Crippen LogP contribution in [-0.2, 0) is 6.54 Å². The molecule has 0 unspecified atom stereocenters. The van der Waals surface area contributed by atoms with Crippen LogP contribution in [0.5, 0.6) is 0 Å². The highest BCUT2D eigenvalue weighted by Crippen LogP contribution is 2.26. The normalized spacial score (nSPS) is 14.4. The molecule has 178 valence electrons. The molecular formula is C28H23FN6O. The molecular weight excluding hydrogens is 455 g/mol. The van der Waals surface area contributed by atoms with E-state index in [2.05, 4.69) is 21.0 Å². The SMILES string of the molecule is N#Cc1ccc(N2CCN(Cc3cc4c(=O)n(-c5ccccc5F)nc-4n4ccccc34)CC2)cc1. The summed E-state index contributed by atoms with van der Waals surface area (Å²) in [4.78, 5) is 18.0. The van der Waals surface area contributed by atoms with Gasteiger partial charge in [0.15, 0.2) is 5.82 Å². The average molecular weight is 479 g/mol. The van der Waals surface area contributed by atoms with Crippen LogP contribution in [0.1, 0.15) is 11.1 Å². The van der Waals surface area contributed by atoms with Crippen molar-refractivity contribution in [3.05, 3.63) is 106 Å². The Morgan fingerprint density at radius 2 is 1.69 bits per heavy atom. The topological polar surface area (TPSA) is 69.6 Å². The number of hydrogen-bond donors (Lipinski definition) is 0. The lowest BCUT2D eigenvalue weighted by Crippen LogP contribution is -2.46. The minimum atomic E-state index is -0.489. The van der Waals surface area contributed by atoms with Gasteiger partial charge in [-0.2, -0.15) is 9.94 Å². The molecule has 7 nitrogen and oxygen atoms in total. The predicted octanol–water partition coefficient (Wildman–Crippen LogP) is 3.92. The summed E-state index contributed by atoms with van der Waals surface area (Å²) in [6.45, 7) is 4.18. The van der Waals surface area contributed by atoms with Crippen LogP contribution in [-0.4, -0.2) is 45.3 Å². The van der Waals surface area contributed by atoms with Gasteiger partial charge in [-0.25, -0.2) is 4.39 Å². The summed E-state index contributed by atoms with van der Waals surface area (Å²) in [7, 11) is 0. The zero-order valence-corrected chi connectivity index (χ0v) is 19.5. The molecule has 3 aliphatic heterocycles. The lowest BCUT2D eigenvalue weighted by Gasteiger charge is -2.36. The van der Waals surface area contributed by atoms with Crippen molar-refractivity contribution in [1.29, 1.82) is 5.26 Å². The Labute approximate surface area is 207 Å². The van der Waals surface area contributed by atoms with Gasteiger partial charge in [0.25, 0.3) is 5.56 Å². The molecule has 0 saturated carbocycles.